The monoisotopic (exact) mass is 243 g/mol. The van der Waals surface area contributed by atoms with Gasteiger partial charge in [0.2, 0.25) is 0 Å². The first-order valence-electron chi connectivity index (χ1n) is 4.68. The lowest BCUT2D eigenvalue weighted by atomic mass is 9.76. The Hall–Kier alpha value is -0.570. The summed E-state index contributed by atoms with van der Waals surface area (Å²) in [5.74, 6) is 0. The highest BCUT2D eigenvalue weighted by Crippen LogP contribution is 2.37. The van der Waals surface area contributed by atoms with Crippen molar-refractivity contribution in [3.05, 3.63) is 40.7 Å². The number of hydrogen-bond donors (Lipinski definition) is 0. The number of ether oxygens (including phenoxy) is 1. The van der Waals surface area contributed by atoms with Crippen LogP contribution in [0.4, 0.5) is 0 Å². The Morgan fingerprint density at radius 2 is 2.00 bits per heavy atom. The van der Waals surface area contributed by atoms with E-state index in [1.54, 1.807) is 0 Å². The fourth-order valence-corrected chi connectivity index (χ4v) is 2.26. The third-order valence-corrected chi connectivity index (χ3v) is 3.05. The molecule has 0 unspecified atom stereocenters. The van der Waals surface area contributed by atoms with Crippen LogP contribution in [0.3, 0.4) is 0 Å². The molecule has 2 nitrogen and oxygen atoms in total. The van der Waals surface area contributed by atoms with Gasteiger partial charge in [-0.05, 0) is 24.1 Å². The molecule has 2 rings (SSSR count). The number of pyridine rings is 1. The highest BCUT2D eigenvalue weighted by Gasteiger charge is 2.39. The second-order valence-electron chi connectivity index (χ2n) is 3.77. The van der Waals surface area contributed by atoms with E-state index in [2.05, 4.69) is 11.6 Å². The summed E-state index contributed by atoms with van der Waals surface area (Å²) in [4.78, 5) is 3.93. The van der Waals surface area contributed by atoms with Gasteiger partial charge in [-0.25, -0.2) is 4.98 Å². The van der Waals surface area contributed by atoms with Gasteiger partial charge in [0.15, 0.2) is 0 Å². The summed E-state index contributed by atoms with van der Waals surface area (Å²) in [6.45, 7) is 5.14. The maximum atomic E-state index is 5.88. The second kappa shape index (κ2) is 4.12. The van der Waals surface area contributed by atoms with Crippen molar-refractivity contribution in [1.82, 2.24) is 4.98 Å². The molecule has 80 valence electrons. The van der Waals surface area contributed by atoms with Crippen molar-refractivity contribution in [3.8, 4) is 0 Å². The zero-order valence-electron chi connectivity index (χ0n) is 8.17. The average Bonchev–Trinajstić information content (AvgIpc) is 2.09. The van der Waals surface area contributed by atoms with Gasteiger partial charge in [0.05, 0.1) is 13.2 Å². The SMILES string of the molecule is C=CCC1(c2cc(Cl)nc(Cl)c2)COC1. The van der Waals surface area contributed by atoms with E-state index in [9.17, 15) is 0 Å². The van der Waals surface area contributed by atoms with Crippen LogP contribution in [0.2, 0.25) is 10.3 Å². The Labute approximate surface area is 98.9 Å². The van der Waals surface area contributed by atoms with Crippen LogP contribution in [-0.2, 0) is 10.2 Å². The number of aromatic nitrogens is 1. The first-order chi connectivity index (χ1) is 7.16. The molecule has 4 heteroatoms. The predicted octanol–water partition coefficient (Wildman–Crippen LogP) is 3.23. The second-order valence-corrected chi connectivity index (χ2v) is 4.54. The van der Waals surface area contributed by atoms with Crippen molar-refractivity contribution in [3.63, 3.8) is 0 Å². The molecule has 1 aromatic heterocycles. The molecule has 0 bridgehead atoms. The summed E-state index contributed by atoms with van der Waals surface area (Å²) in [6, 6.07) is 3.69. The molecule has 1 aromatic rings. The molecule has 0 atom stereocenters. The van der Waals surface area contributed by atoms with E-state index in [4.69, 9.17) is 27.9 Å². The van der Waals surface area contributed by atoms with Crippen LogP contribution in [0.25, 0.3) is 0 Å². The number of rotatable bonds is 3. The van der Waals surface area contributed by atoms with Crippen LogP contribution < -0.4 is 0 Å². The Balaban J connectivity index is 2.38. The quantitative estimate of drug-likeness (QED) is 0.601. The molecule has 15 heavy (non-hydrogen) atoms. The van der Waals surface area contributed by atoms with Crippen LogP contribution in [0.5, 0.6) is 0 Å². The van der Waals surface area contributed by atoms with Gasteiger partial charge in [-0.1, -0.05) is 29.3 Å². The van der Waals surface area contributed by atoms with Crippen LogP contribution in [-0.4, -0.2) is 18.2 Å². The molecule has 1 aliphatic heterocycles. The van der Waals surface area contributed by atoms with Gasteiger partial charge in [-0.15, -0.1) is 6.58 Å². The highest BCUT2D eigenvalue weighted by atomic mass is 35.5. The molecule has 0 saturated carbocycles. The summed E-state index contributed by atoms with van der Waals surface area (Å²) in [7, 11) is 0. The molecular weight excluding hydrogens is 233 g/mol. The zero-order chi connectivity index (χ0) is 10.9. The van der Waals surface area contributed by atoms with Crippen LogP contribution in [0.15, 0.2) is 24.8 Å². The number of hydrogen-bond acceptors (Lipinski definition) is 2. The molecule has 0 aliphatic carbocycles. The van der Waals surface area contributed by atoms with Crippen molar-refractivity contribution < 1.29 is 4.74 Å². The Morgan fingerprint density at radius 3 is 2.40 bits per heavy atom. The van der Waals surface area contributed by atoms with Crippen molar-refractivity contribution in [2.45, 2.75) is 11.8 Å². The standard InChI is InChI=1S/C11H11Cl2NO/c1-2-3-11(6-15-7-11)8-4-9(12)14-10(13)5-8/h2,4-5H,1,3,6-7H2. The van der Waals surface area contributed by atoms with E-state index >= 15 is 0 Å². The van der Waals surface area contributed by atoms with Gasteiger partial charge in [0.1, 0.15) is 10.3 Å². The van der Waals surface area contributed by atoms with E-state index in [-0.39, 0.29) is 5.41 Å². The van der Waals surface area contributed by atoms with Gasteiger partial charge in [-0.3, -0.25) is 0 Å². The molecule has 1 fully saturated rings. The minimum atomic E-state index is -0.00201. The number of allylic oxidation sites excluding steroid dienone is 1. The summed E-state index contributed by atoms with van der Waals surface area (Å²) in [6.07, 6.45) is 2.76. The molecule has 2 heterocycles. The van der Waals surface area contributed by atoms with Gasteiger partial charge in [-0.2, -0.15) is 0 Å². The minimum absolute atomic E-state index is 0.00201. The molecule has 1 saturated heterocycles. The third-order valence-electron chi connectivity index (χ3n) is 2.67. The normalized spacial score (nSPS) is 18.3. The summed E-state index contributed by atoms with van der Waals surface area (Å²) >= 11 is 11.8. The molecule has 0 N–H and O–H groups in total. The van der Waals surface area contributed by atoms with E-state index in [0.29, 0.717) is 23.5 Å². The summed E-state index contributed by atoms with van der Waals surface area (Å²) in [5.41, 5.74) is 1.08. The molecule has 1 aliphatic rings. The van der Waals surface area contributed by atoms with Gasteiger partial charge in [0, 0.05) is 5.41 Å². The first kappa shape index (κ1) is 10.9. The Kier molecular flexibility index (Phi) is 3.01. The van der Waals surface area contributed by atoms with Crippen molar-refractivity contribution in [2.75, 3.05) is 13.2 Å². The predicted molar refractivity (Wildman–Crippen MR) is 61.6 cm³/mol. The van der Waals surface area contributed by atoms with Crippen LogP contribution in [0.1, 0.15) is 12.0 Å². The maximum absolute atomic E-state index is 5.88. The average molecular weight is 244 g/mol. The first-order valence-corrected chi connectivity index (χ1v) is 5.44. The van der Waals surface area contributed by atoms with E-state index in [1.165, 1.54) is 0 Å². The van der Waals surface area contributed by atoms with E-state index < -0.39 is 0 Å². The molecule has 0 aromatic carbocycles. The summed E-state index contributed by atoms with van der Waals surface area (Å²) in [5, 5.41) is 0.848. The molecular formula is C11H11Cl2NO. The molecule has 0 radical (unpaired) electrons. The minimum Gasteiger partial charge on any atom is -0.379 e. The van der Waals surface area contributed by atoms with Crippen LogP contribution >= 0.6 is 23.2 Å². The molecule has 0 spiro atoms. The highest BCUT2D eigenvalue weighted by molar-refractivity contribution is 6.32. The van der Waals surface area contributed by atoms with Crippen molar-refractivity contribution in [1.29, 1.82) is 0 Å². The van der Waals surface area contributed by atoms with Crippen LogP contribution in [0, 0.1) is 0 Å². The third kappa shape index (κ3) is 2.03. The zero-order valence-corrected chi connectivity index (χ0v) is 9.68. The van der Waals surface area contributed by atoms with Crippen molar-refractivity contribution >= 4 is 23.2 Å². The maximum Gasteiger partial charge on any atom is 0.131 e. The fourth-order valence-electron chi connectivity index (χ4n) is 1.80. The smallest absolute Gasteiger partial charge is 0.131 e. The molecule has 0 amide bonds. The fraction of sp³-hybridized carbons (Fsp3) is 0.364. The van der Waals surface area contributed by atoms with Gasteiger partial charge < -0.3 is 4.74 Å². The van der Waals surface area contributed by atoms with E-state index in [0.717, 1.165) is 12.0 Å². The lowest BCUT2D eigenvalue weighted by molar-refractivity contribution is -0.0585. The number of nitrogens with zero attached hydrogens (tertiary/aromatic N) is 1. The van der Waals surface area contributed by atoms with Crippen molar-refractivity contribution in [2.24, 2.45) is 0 Å². The van der Waals surface area contributed by atoms with Gasteiger partial charge >= 0.3 is 0 Å². The number of halogens is 2. The topological polar surface area (TPSA) is 22.1 Å². The summed E-state index contributed by atoms with van der Waals surface area (Å²) < 4.78 is 5.27. The van der Waals surface area contributed by atoms with Gasteiger partial charge in [0.25, 0.3) is 0 Å². The lowest BCUT2D eigenvalue weighted by Gasteiger charge is -2.41. The Morgan fingerprint density at radius 1 is 1.40 bits per heavy atom. The largest absolute Gasteiger partial charge is 0.379 e. The van der Waals surface area contributed by atoms with E-state index in [1.807, 2.05) is 18.2 Å². The lowest BCUT2D eigenvalue weighted by Crippen LogP contribution is -2.46. The Bertz CT molecular complexity index is 368.